The van der Waals surface area contributed by atoms with Crippen LogP contribution in [-0.4, -0.2) is 47.7 Å². The van der Waals surface area contributed by atoms with Gasteiger partial charge >= 0.3 is 0 Å². The molecule has 0 saturated carbocycles. The van der Waals surface area contributed by atoms with Gasteiger partial charge in [0.1, 0.15) is 16.5 Å². The van der Waals surface area contributed by atoms with Crippen molar-refractivity contribution in [3.8, 4) is 29.1 Å². The van der Waals surface area contributed by atoms with E-state index in [2.05, 4.69) is 56.2 Å². The van der Waals surface area contributed by atoms with Crippen LogP contribution >= 0.6 is 11.6 Å². The number of hydrogen-bond donors (Lipinski definition) is 2. The molecule has 0 bridgehead atoms. The molecule has 4 aromatic heterocycles. The minimum absolute atomic E-state index is 0.262. The average molecular weight is 492 g/mol. The van der Waals surface area contributed by atoms with Crippen LogP contribution in [0.4, 0.5) is 11.5 Å². The maximum Gasteiger partial charge on any atom is 0.222 e. The van der Waals surface area contributed by atoms with E-state index in [0.717, 1.165) is 16.8 Å². The quantitative estimate of drug-likeness (QED) is 0.298. The summed E-state index contributed by atoms with van der Waals surface area (Å²) in [5, 5.41) is 12.3. The smallest absolute Gasteiger partial charge is 0.222 e. The van der Waals surface area contributed by atoms with E-state index in [-0.39, 0.29) is 5.41 Å². The molecule has 0 aliphatic heterocycles. The van der Waals surface area contributed by atoms with Gasteiger partial charge < -0.3 is 15.8 Å². The van der Waals surface area contributed by atoms with Crippen LogP contribution < -0.4 is 15.8 Å². The highest BCUT2D eigenvalue weighted by Gasteiger charge is 2.23. The topological polar surface area (TPSA) is 122 Å². The minimum atomic E-state index is -0.262. The van der Waals surface area contributed by atoms with Crippen LogP contribution in [0.15, 0.2) is 43.1 Å². The summed E-state index contributed by atoms with van der Waals surface area (Å²) < 4.78 is 9.54. The highest BCUT2D eigenvalue weighted by molar-refractivity contribution is 6.29. The molecule has 0 aliphatic rings. The Morgan fingerprint density at radius 3 is 2.71 bits per heavy atom. The van der Waals surface area contributed by atoms with Gasteiger partial charge in [-0.1, -0.05) is 37.3 Å². The van der Waals surface area contributed by atoms with Crippen molar-refractivity contribution in [2.75, 3.05) is 24.2 Å². The number of nitrogen functional groups attached to an aromatic ring is 1. The number of nitrogens with two attached hydrogens (primary N) is 1. The van der Waals surface area contributed by atoms with E-state index in [4.69, 9.17) is 22.1 Å². The summed E-state index contributed by atoms with van der Waals surface area (Å²) in [6.45, 7) is 5.19. The maximum absolute atomic E-state index is 6.18. The van der Waals surface area contributed by atoms with Gasteiger partial charge in [-0.15, -0.1) is 0 Å². The van der Waals surface area contributed by atoms with Crippen LogP contribution in [0.2, 0.25) is 5.15 Å². The van der Waals surface area contributed by atoms with Gasteiger partial charge in [0.05, 0.1) is 35.8 Å². The summed E-state index contributed by atoms with van der Waals surface area (Å²) in [6.07, 6.45) is 8.50. The fourth-order valence-electron chi connectivity index (χ4n) is 3.20. The summed E-state index contributed by atoms with van der Waals surface area (Å²) in [6, 6.07) is 3.40. The van der Waals surface area contributed by atoms with Gasteiger partial charge in [-0.05, 0) is 12.1 Å². The van der Waals surface area contributed by atoms with Crippen molar-refractivity contribution in [2.45, 2.75) is 13.8 Å². The summed E-state index contributed by atoms with van der Waals surface area (Å²) in [7, 11) is 3.66. The Bertz CT molecular complexity index is 1400. The van der Waals surface area contributed by atoms with E-state index < -0.39 is 0 Å². The van der Waals surface area contributed by atoms with Crippen molar-refractivity contribution in [3.63, 3.8) is 0 Å². The SMILES string of the molecule is Cn1cc(C#Cc2cnc(Cl)cc2NCC(C)(C)COc2c(-c3nccc(N)n3)cnn2C)cn1. The zero-order valence-electron chi connectivity index (χ0n) is 19.9. The Labute approximate surface area is 208 Å². The molecule has 0 amide bonds. The number of hydrogen-bond acceptors (Lipinski definition) is 8. The molecule has 10 nitrogen and oxygen atoms in total. The molecule has 180 valence electrons. The maximum atomic E-state index is 6.18. The molecule has 11 heteroatoms. The van der Waals surface area contributed by atoms with Gasteiger partial charge in [0.25, 0.3) is 0 Å². The number of pyridine rings is 1. The largest absolute Gasteiger partial charge is 0.477 e. The normalized spacial score (nSPS) is 11.1. The Hall–Kier alpha value is -4.10. The van der Waals surface area contributed by atoms with Crippen LogP contribution in [0.5, 0.6) is 5.88 Å². The lowest BCUT2D eigenvalue weighted by atomic mass is 9.94. The van der Waals surface area contributed by atoms with E-state index in [1.165, 1.54) is 0 Å². The second-order valence-electron chi connectivity index (χ2n) is 8.80. The number of rotatable bonds is 7. The Morgan fingerprint density at radius 1 is 1.14 bits per heavy atom. The van der Waals surface area contributed by atoms with Crippen molar-refractivity contribution >= 4 is 23.1 Å². The number of aromatic nitrogens is 7. The zero-order valence-corrected chi connectivity index (χ0v) is 20.7. The Balaban J connectivity index is 1.46. The van der Waals surface area contributed by atoms with E-state index in [1.54, 1.807) is 46.3 Å². The van der Waals surface area contributed by atoms with Gasteiger partial charge in [0.2, 0.25) is 5.88 Å². The summed E-state index contributed by atoms with van der Waals surface area (Å²) in [5.41, 5.74) is 8.58. The lowest BCUT2D eigenvalue weighted by molar-refractivity contribution is 0.179. The van der Waals surface area contributed by atoms with Crippen molar-refractivity contribution in [2.24, 2.45) is 19.5 Å². The van der Waals surface area contributed by atoms with Gasteiger partial charge in [0, 0.05) is 44.6 Å². The highest BCUT2D eigenvalue weighted by Crippen LogP contribution is 2.29. The summed E-state index contributed by atoms with van der Waals surface area (Å²) >= 11 is 6.15. The molecule has 0 aromatic carbocycles. The standard InChI is InChI=1S/C24H26ClN9O/c1-24(2,15-35-23-18(12-31-34(23)4)22-27-8-7-21(26)32-22)14-29-19-9-20(25)28-11-17(19)6-5-16-10-30-33(3)13-16/h7-13H,14-15H2,1-4H3,(H,28,29)(H2,26,27,32). The molecule has 0 unspecified atom stereocenters. The number of nitrogens with one attached hydrogen (secondary N) is 1. The zero-order chi connectivity index (χ0) is 25.0. The molecular formula is C24H26ClN9O. The van der Waals surface area contributed by atoms with Crippen LogP contribution in [0.3, 0.4) is 0 Å². The Kier molecular flexibility index (Phi) is 6.89. The van der Waals surface area contributed by atoms with E-state index in [9.17, 15) is 0 Å². The third-order valence-electron chi connectivity index (χ3n) is 5.08. The molecule has 0 spiro atoms. The molecule has 0 radical (unpaired) electrons. The van der Waals surface area contributed by atoms with Crippen LogP contribution in [0, 0.1) is 17.3 Å². The van der Waals surface area contributed by atoms with Gasteiger partial charge in [-0.3, -0.25) is 4.68 Å². The number of halogens is 1. The second-order valence-corrected chi connectivity index (χ2v) is 9.19. The van der Waals surface area contributed by atoms with Crippen molar-refractivity contribution in [3.05, 3.63) is 59.4 Å². The number of nitrogens with zero attached hydrogens (tertiary/aromatic N) is 7. The molecule has 4 aromatic rings. The summed E-state index contributed by atoms with van der Waals surface area (Å²) in [5.74, 6) is 7.66. The molecule has 35 heavy (non-hydrogen) atoms. The monoisotopic (exact) mass is 491 g/mol. The number of ether oxygens (including phenoxy) is 1. The van der Waals surface area contributed by atoms with Crippen molar-refractivity contribution in [1.82, 2.24) is 34.5 Å². The highest BCUT2D eigenvalue weighted by atomic mass is 35.5. The summed E-state index contributed by atoms with van der Waals surface area (Å²) in [4.78, 5) is 12.7. The van der Waals surface area contributed by atoms with Gasteiger partial charge in [-0.25, -0.2) is 19.6 Å². The predicted molar refractivity (Wildman–Crippen MR) is 135 cm³/mol. The van der Waals surface area contributed by atoms with Crippen LogP contribution in [0.25, 0.3) is 11.4 Å². The predicted octanol–water partition coefficient (Wildman–Crippen LogP) is 3.16. The molecule has 3 N–H and O–H groups in total. The molecule has 0 atom stereocenters. The second kappa shape index (κ2) is 10.0. The fourth-order valence-corrected chi connectivity index (χ4v) is 3.36. The lowest BCUT2D eigenvalue weighted by Crippen LogP contribution is -2.30. The van der Waals surface area contributed by atoms with E-state index >= 15 is 0 Å². The molecule has 0 saturated heterocycles. The molecule has 4 heterocycles. The van der Waals surface area contributed by atoms with Crippen LogP contribution in [-0.2, 0) is 14.1 Å². The Morgan fingerprint density at radius 2 is 1.97 bits per heavy atom. The molecule has 0 aliphatic carbocycles. The van der Waals surface area contributed by atoms with Gasteiger partial charge in [-0.2, -0.15) is 10.2 Å². The first kappa shape index (κ1) is 24.0. The third kappa shape index (κ3) is 6.07. The third-order valence-corrected chi connectivity index (χ3v) is 5.28. The first-order valence-electron chi connectivity index (χ1n) is 10.8. The lowest BCUT2D eigenvalue weighted by Gasteiger charge is -2.26. The van der Waals surface area contributed by atoms with Crippen LogP contribution in [0.1, 0.15) is 25.0 Å². The average Bonchev–Trinajstić information content (AvgIpc) is 3.40. The number of aryl methyl sites for hydroxylation is 2. The molecule has 0 fully saturated rings. The fraction of sp³-hybridized carbons (Fsp3) is 0.292. The number of anilines is 2. The minimum Gasteiger partial charge on any atom is -0.477 e. The van der Waals surface area contributed by atoms with Crippen molar-refractivity contribution in [1.29, 1.82) is 0 Å². The van der Waals surface area contributed by atoms with E-state index in [0.29, 0.717) is 41.4 Å². The molecule has 4 rings (SSSR count). The first-order valence-corrected chi connectivity index (χ1v) is 11.2. The first-order chi connectivity index (χ1) is 16.7. The molecular weight excluding hydrogens is 466 g/mol. The van der Waals surface area contributed by atoms with Gasteiger partial charge in [0.15, 0.2) is 5.82 Å². The van der Waals surface area contributed by atoms with Crippen molar-refractivity contribution < 1.29 is 4.74 Å². The van der Waals surface area contributed by atoms with E-state index in [1.807, 2.05) is 20.3 Å².